The van der Waals surface area contributed by atoms with Crippen molar-refractivity contribution in [1.82, 2.24) is 4.98 Å². The summed E-state index contributed by atoms with van der Waals surface area (Å²) in [6, 6.07) is 11.3. The van der Waals surface area contributed by atoms with Crippen LogP contribution in [0.25, 0.3) is 0 Å². The van der Waals surface area contributed by atoms with E-state index >= 15 is 0 Å². The second-order valence-corrected chi connectivity index (χ2v) is 3.39. The van der Waals surface area contributed by atoms with Crippen LogP contribution in [0.3, 0.4) is 0 Å². The number of hydrogen-bond donors (Lipinski definition) is 0. The van der Waals surface area contributed by atoms with Gasteiger partial charge in [0.05, 0.1) is 13.3 Å². The standard InChI is InChI=1S/C13H13NO2/c1-10-7-8-11(9-14-10)16-13-6-4-3-5-12(13)15-2/h3-9H,1-2H3. The summed E-state index contributed by atoms with van der Waals surface area (Å²) in [5.74, 6) is 2.11. The number of hydrogen-bond acceptors (Lipinski definition) is 3. The monoisotopic (exact) mass is 215 g/mol. The highest BCUT2D eigenvalue weighted by Crippen LogP contribution is 2.30. The summed E-state index contributed by atoms with van der Waals surface area (Å²) in [5, 5.41) is 0. The maximum Gasteiger partial charge on any atom is 0.169 e. The number of nitrogens with zero attached hydrogens (tertiary/aromatic N) is 1. The third-order valence-electron chi connectivity index (χ3n) is 2.18. The first-order valence-electron chi connectivity index (χ1n) is 5.03. The van der Waals surface area contributed by atoms with Gasteiger partial charge in [0, 0.05) is 5.69 Å². The minimum atomic E-state index is 0.690. The Balaban J connectivity index is 2.23. The van der Waals surface area contributed by atoms with Crippen LogP contribution >= 0.6 is 0 Å². The lowest BCUT2D eigenvalue weighted by atomic mass is 10.3. The molecular formula is C13H13NO2. The van der Waals surface area contributed by atoms with Gasteiger partial charge in [0.15, 0.2) is 11.5 Å². The van der Waals surface area contributed by atoms with Crippen LogP contribution in [0.2, 0.25) is 0 Å². The van der Waals surface area contributed by atoms with Crippen molar-refractivity contribution < 1.29 is 9.47 Å². The molecule has 0 saturated carbocycles. The zero-order valence-corrected chi connectivity index (χ0v) is 9.31. The fourth-order valence-electron chi connectivity index (χ4n) is 1.34. The lowest BCUT2D eigenvalue weighted by Crippen LogP contribution is -1.90. The van der Waals surface area contributed by atoms with E-state index in [0.717, 1.165) is 5.69 Å². The maximum absolute atomic E-state index is 5.67. The molecule has 1 aromatic heterocycles. The van der Waals surface area contributed by atoms with Gasteiger partial charge in [-0.3, -0.25) is 4.98 Å². The van der Waals surface area contributed by atoms with Crippen LogP contribution < -0.4 is 9.47 Å². The molecule has 0 fully saturated rings. The maximum atomic E-state index is 5.67. The van der Waals surface area contributed by atoms with Crippen molar-refractivity contribution in [3.05, 3.63) is 48.3 Å². The lowest BCUT2D eigenvalue weighted by molar-refractivity contribution is 0.378. The van der Waals surface area contributed by atoms with Crippen LogP contribution in [-0.2, 0) is 0 Å². The average Bonchev–Trinajstić information content (AvgIpc) is 2.33. The third kappa shape index (κ3) is 2.31. The largest absolute Gasteiger partial charge is 0.493 e. The van der Waals surface area contributed by atoms with Crippen LogP contribution in [0, 0.1) is 6.92 Å². The normalized spacial score (nSPS) is 9.88. The molecule has 2 aromatic rings. The molecule has 82 valence electrons. The van der Waals surface area contributed by atoms with Crippen molar-refractivity contribution in [2.45, 2.75) is 6.92 Å². The number of rotatable bonds is 3. The van der Waals surface area contributed by atoms with E-state index in [1.165, 1.54) is 0 Å². The highest BCUT2D eigenvalue weighted by molar-refractivity contribution is 5.42. The minimum absolute atomic E-state index is 0.690. The highest BCUT2D eigenvalue weighted by atomic mass is 16.5. The van der Waals surface area contributed by atoms with Gasteiger partial charge in [-0.05, 0) is 31.2 Å². The molecule has 0 saturated heterocycles. The van der Waals surface area contributed by atoms with E-state index < -0.39 is 0 Å². The minimum Gasteiger partial charge on any atom is -0.493 e. The van der Waals surface area contributed by atoms with Gasteiger partial charge in [0.1, 0.15) is 5.75 Å². The molecule has 0 amide bonds. The fourth-order valence-corrected chi connectivity index (χ4v) is 1.34. The Morgan fingerprint density at radius 1 is 1.00 bits per heavy atom. The predicted octanol–water partition coefficient (Wildman–Crippen LogP) is 3.19. The Labute approximate surface area is 94.7 Å². The van der Waals surface area contributed by atoms with Crippen LogP contribution in [-0.4, -0.2) is 12.1 Å². The summed E-state index contributed by atoms with van der Waals surface area (Å²) < 4.78 is 10.9. The topological polar surface area (TPSA) is 31.4 Å². The van der Waals surface area contributed by atoms with E-state index in [9.17, 15) is 0 Å². The van der Waals surface area contributed by atoms with Crippen molar-refractivity contribution in [3.63, 3.8) is 0 Å². The van der Waals surface area contributed by atoms with E-state index in [1.807, 2.05) is 43.3 Å². The van der Waals surface area contributed by atoms with E-state index in [2.05, 4.69) is 4.98 Å². The molecule has 2 rings (SSSR count). The first-order valence-corrected chi connectivity index (χ1v) is 5.03. The van der Waals surface area contributed by atoms with Crippen LogP contribution in [0.1, 0.15) is 5.69 Å². The Morgan fingerprint density at radius 2 is 1.75 bits per heavy atom. The van der Waals surface area contributed by atoms with Crippen molar-refractivity contribution in [2.75, 3.05) is 7.11 Å². The Hall–Kier alpha value is -2.03. The lowest BCUT2D eigenvalue weighted by Gasteiger charge is -2.09. The summed E-state index contributed by atoms with van der Waals surface area (Å²) in [4.78, 5) is 4.16. The Kier molecular flexibility index (Phi) is 3.05. The molecule has 3 nitrogen and oxygen atoms in total. The summed E-state index contributed by atoms with van der Waals surface area (Å²) in [5.41, 5.74) is 0.965. The molecule has 0 aliphatic carbocycles. The average molecular weight is 215 g/mol. The van der Waals surface area contributed by atoms with E-state index in [1.54, 1.807) is 13.3 Å². The highest BCUT2D eigenvalue weighted by Gasteiger charge is 2.03. The van der Waals surface area contributed by atoms with E-state index in [4.69, 9.17) is 9.47 Å². The molecular weight excluding hydrogens is 202 g/mol. The number of aryl methyl sites for hydroxylation is 1. The molecule has 16 heavy (non-hydrogen) atoms. The molecule has 0 aliphatic heterocycles. The van der Waals surface area contributed by atoms with E-state index in [-0.39, 0.29) is 0 Å². The fraction of sp³-hybridized carbons (Fsp3) is 0.154. The Morgan fingerprint density at radius 3 is 2.38 bits per heavy atom. The van der Waals surface area contributed by atoms with Crippen molar-refractivity contribution in [1.29, 1.82) is 0 Å². The van der Waals surface area contributed by atoms with Gasteiger partial charge in [-0.25, -0.2) is 0 Å². The summed E-state index contributed by atoms with van der Waals surface area (Å²) in [6.07, 6.45) is 1.70. The molecule has 0 N–H and O–H groups in total. The molecule has 0 aliphatic rings. The van der Waals surface area contributed by atoms with Crippen LogP contribution in [0.4, 0.5) is 0 Å². The van der Waals surface area contributed by atoms with Gasteiger partial charge in [-0.15, -0.1) is 0 Å². The van der Waals surface area contributed by atoms with Crippen LogP contribution in [0.15, 0.2) is 42.6 Å². The number of aromatic nitrogens is 1. The number of benzene rings is 1. The molecule has 0 radical (unpaired) electrons. The summed E-state index contributed by atoms with van der Waals surface area (Å²) >= 11 is 0. The van der Waals surface area contributed by atoms with Gasteiger partial charge < -0.3 is 9.47 Å². The second kappa shape index (κ2) is 4.66. The van der Waals surface area contributed by atoms with Gasteiger partial charge in [-0.1, -0.05) is 12.1 Å². The van der Waals surface area contributed by atoms with Crippen molar-refractivity contribution in [2.24, 2.45) is 0 Å². The van der Waals surface area contributed by atoms with Crippen LogP contribution in [0.5, 0.6) is 17.2 Å². The molecule has 0 unspecified atom stereocenters. The summed E-state index contributed by atoms with van der Waals surface area (Å²) in [6.45, 7) is 1.94. The second-order valence-electron chi connectivity index (χ2n) is 3.39. The quantitative estimate of drug-likeness (QED) is 0.787. The molecule has 1 aromatic carbocycles. The van der Waals surface area contributed by atoms with Gasteiger partial charge in [0.2, 0.25) is 0 Å². The number of pyridine rings is 1. The molecule has 0 atom stereocenters. The Bertz CT molecular complexity index is 466. The van der Waals surface area contributed by atoms with Gasteiger partial charge in [0.25, 0.3) is 0 Å². The molecule has 0 bridgehead atoms. The molecule has 3 heteroatoms. The summed E-state index contributed by atoms with van der Waals surface area (Å²) in [7, 11) is 1.62. The predicted molar refractivity (Wildman–Crippen MR) is 62.0 cm³/mol. The molecule has 0 spiro atoms. The zero-order chi connectivity index (χ0) is 11.4. The first-order chi connectivity index (χ1) is 7.79. The smallest absolute Gasteiger partial charge is 0.169 e. The van der Waals surface area contributed by atoms with Crippen molar-refractivity contribution >= 4 is 0 Å². The zero-order valence-electron chi connectivity index (χ0n) is 9.31. The van der Waals surface area contributed by atoms with Gasteiger partial charge in [-0.2, -0.15) is 0 Å². The van der Waals surface area contributed by atoms with Gasteiger partial charge >= 0.3 is 0 Å². The third-order valence-corrected chi connectivity index (χ3v) is 2.18. The number of para-hydroxylation sites is 2. The number of ether oxygens (including phenoxy) is 2. The van der Waals surface area contributed by atoms with Crippen molar-refractivity contribution in [3.8, 4) is 17.2 Å². The van der Waals surface area contributed by atoms with E-state index in [0.29, 0.717) is 17.2 Å². The SMILES string of the molecule is COc1ccccc1Oc1ccc(C)nc1. The first kappa shape index (κ1) is 10.5. The number of methoxy groups -OCH3 is 1. The molecule has 1 heterocycles.